The summed E-state index contributed by atoms with van der Waals surface area (Å²) in [5.74, 6) is 0. The second-order valence-corrected chi connectivity index (χ2v) is 8.80. The maximum atomic E-state index is 10.9. The summed E-state index contributed by atoms with van der Waals surface area (Å²) in [7, 11) is 1.58. The first-order chi connectivity index (χ1) is 14.5. The molecule has 31 heavy (non-hydrogen) atoms. The van der Waals surface area contributed by atoms with Crippen LogP contribution in [0.3, 0.4) is 0 Å². The first-order valence-corrected chi connectivity index (χ1v) is 10.3. The maximum absolute atomic E-state index is 10.9. The SMILES string of the molecule is CN[C@@H]1[C@@H](O)[C@@H](O[C@@H]2[C@@H](O)[C@H](O[C@H]3OC[C@@H](O)[C@@H](O)[C@@H]3O)[C@@H](N)C[C@H]2N)OC[C@]1(C)O. The highest BCUT2D eigenvalue weighted by Crippen LogP contribution is 2.31. The number of hydrogen-bond donors (Lipinski definition) is 9. The standard InChI is InChI=1S/C18H35N3O10/c1-18(27)5-29-17(12(26)15(18)21-2)31-14-7(20)3-6(19)13(11(14)25)30-16-10(24)9(23)8(22)4-28-16/h6-17,21-27H,3-5,19-20H2,1-2H3/t6-,7+,8+,9+,10-,11-,12+,13+,14-,15+,16+,17+,18-/m0/s1. The molecule has 0 aromatic heterocycles. The van der Waals surface area contributed by atoms with E-state index in [9.17, 15) is 30.6 Å². The summed E-state index contributed by atoms with van der Waals surface area (Å²) in [5.41, 5.74) is 10.9. The van der Waals surface area contributed by atoms with E-state index in [-0.39, 0.29) is 19.6 Å². The van der Waals surface area contributed by atoms with Crippen LogP contribution in [0, 0.1) is 0 Å². The Hall–Kier alpha value is -0.520. The average Bonchev–Trinajstić information content (AvgIpc) is 2.69. The molecule has 3 fully saturated rings. The number of rotatable bonds is 5. The van der Waals surface area contributed by atoms with Gasteiger partial charge in [0.15, 0.2) is 12.6 Å². The van der Waals surface area contributed by atoms with E-state index >= 15 is 0 Å². The molecule has 182 valence electrons. The largest absolute Gasteiger partial charge is 0.388 e. The number of nitrogens with two attached hydrogens (primary N) is 2. The normalized spacial score (nSPS) is 54.0. The molecule has 2 aliphatic heterocycles. The van der Waals surface area contributed by atoms with Gasteiger partial charge >= 0.3 is 0 Å². The monoisotopic (exact) mass is 453 g/mol. The Bertz CT molecular complexity index is 601. The predicted octanol–water partition coefficient (Wildman–Crippen LogP) is -5.33. The molecule has 0 amide bonds. The van der Waals surface area contributed by atoms with Crippen molar-refractivity contribution in [3.8, 4) is 0 Å². The number of likely N-dealkylation sites (N-methyl/N-ethyl adjacent to an activating group) is 1. The first kappa shape index (κ1) is 25.1. The molecule has 1 aliphatic carbocycles. The minimum absolute atomic E-state index is 0.125. The topological polar surface area (TPSA) is 222 Å². The van der Waals surface area contributed by atoms with E-state index in [4.69, 9.17) is 30.4 Å². The molecule has 0 aromatic carbocycles. The van der Waals surface area contributed by atoms with Crippen LogP contribution in [-0.4, -0.2) is 130 Å². The molecule has 3 rings (SSSR count). The van der Waals surface area contributed by atoms with Gasteiger partial charge < -0.3 is 66.4 Å². The zero-order chi connectivity index (χ0) is 23.1. The number of aliphatic hydroxyl groups excluding tert-OH is 5. The fourth-order valence-electron chi connectivity index (χ4n) is 4.41. The first-order valence-electron chi connectivity index (χ1n) is 10.3. The van der Waals surface area contributed by atoms with E-state index in [1.807, 2.05) is 0 Å². The van der Waals surface area contributed by atoms with Crippen molar-refractivity contribution in [3.63, 3.8) is 0 Å². The maximum Gasteiger partial charge on any atom is 0.186 e. The van der Waals surface area contributed by atoms with Gasteiger partial charge in [0, 0.05) is 12.1 Å². The van der Waals surface area contributed by atoms with E-state index in [1.54, 1.807) is 7.05 Å². The highest BCUT2D eigenvalue weighted by Gasteiger charge is 2.51. The van der Waals surface area contributed by atoms with E-state index in [1.165, 1.54) is 6.92 Å². The summed E-state index contributed by atoms with van der Waals surface area (Å²) in [5, 5.41) is 64.2. The quantitative estimate of drug-likeness (QED) is 0.190. The molecule has 1 saturated carbocycles. The summed E-state index contributed by atoms with van der Waals surface area (Å²) in [6.45, 7) is 1.12. The van der Waals surface area contributed by atoms with Gasteiger partial charge in [-0.2, -0.15) is 0 Å². The van der Waals surface area contributed by atoms with E-state index in [0.717, 1.165) is 0 Å². The highest BCUT2D eigenvalue weighted by molar-refractivity contribution is 5.02. The predicted molar refractivity (Wildman–Crippen MR) is 103 cm³/mol. The Kier molecular flexibility index (Phi) is 7.91. The zero-order valence-corrected chi connectivity index (χ0v) is 17.5. The average molecular weight is 453 g/mol. The third kappa shape index (κ3) is 5.04. The van der Waals surface area contributed by atoms with Gasteiger partial charge in [0.25, 0.3) is 0 Å². The van der Waals surface area contributed by atoms with Gasteiger partial charge in [-0.3, -0.25) is 0 Å². The molecular weight excluding hydrogens is 418 g/mol. The summed E-state index contributed by atoms with van der Waals surface area (Å²) in [6.07, 6.45) is -11.4. The van der Waals surface area contributed by atoms with Gasteiger partial charge in [-0.25, -0.2) is 0 Å². The summed E-state index contributed by atoms with van der Waals surface area (Å²) >= 11 is 0. The molecule has 2 saturated heterocycles. The molecule has 0 aromatic rings. The van der Waals surface area contributed by atoms with Gasteiger partial charge in [0.2, 0.25) is 0 Å². The second kappa shape index (κ2) is 9.77. The molecule has 13 nitrogen and oxygen atoms in total. The Labute approximate surface area is 179 Å². The van der Waals surface area contributed by atoms with E-state index in [2.05, 4.69) is 5.32 Å². The van der Waals surface area contributed by atoms with Crippen molar-refractivity contribution >= 4 is 0 Å². The van der Waals surface area contributed by atoms with Gasteiger partial charge in [-0.15, -0.1) is 0 Å². The van der Waals surface area contributed by atoms with Gasteiger partial charge in [0.05, 0.1) is 19.3 Å². The Balaban J connectivity index is 1.69. The lowest BCUT2D eigenvalue weighted by Crippen LogP contribution is -2.68. The van der Waals surface area contributed by atoms with Crippen LogP contribution in [-0.2, 0) is 18.9 Å². The van der Waals surface area contributed by atoms with Crippen molar-refractivity contribution in [2.24, 2.45) is 11.5 Å². The van der Waals surface area contributed by atoms with E-state index in [0.29, 0.717) is 0 Å². The third-order valence-corrected chi connectivity index (χ3v) is 6.24. The number of ether oxygens (including phenoxy) is 4. The van der Waals surface area contributed by atoms with Crippen LogP contribution in [0.5, 0.6) is 0 Å². The lowest BCUT2D eigenvalue weighted by atomic mass is 9.84. The Morgan fingerprint density at radius 2 is 1.42 bits per heavy atom. The van der Waals surface area contributed by atoms with Crippen molar-refractivity contribution in [1.82, 2.24) is 5.32 Å². The van der Waals surface area contributed by atoms with Crippen molar-refractivity contribution in [2.45, 2.75) is 92.4 Å². The number of aliphatic hydroxyl groups is 6. The van der Waals surface area contributed by atoms with Crippen molar-refractivity contribution in [3.05, 3.63) is 0 Å². The minimum atomic E-state index is -1.56. The summed E-state index contributed by atoms with van der Waals surface area (Å²) in [6, 6.07) is -2.22. The molecule has 0 spiro atoms. The number of hydrogen-bond acceptors (Lipinski definition) is 13. The molecule has 0 unspecified atom stereocenters. The minimum Gasteiger partial charge on any atom is -0.388 e. The molecule has 3 aliphatic rings. The summed E-state index contributed by atoms with van der Waals surface area (Å²) < 4.78 is 22.1. The molecule has 0 bridgehead atoms. The fourth-order valence-corrected chi connectivity index (χ4v) is 4.41. The molecule has 11 N–H and O–H groups in total. The van der Waals surface area contributed by atoms with Crippen LogP contribution in [0.1, 0.15) is 13.3 Å². The van der Waals surface area contributed by atoms with Crippen LogP contribution in [0.4, 0.5) is 0 Å². The smallest absolute Gasteiger partial charge is 0.186 e. The third-order valence-electron chi connectivity index (χ3n) is 6.24. The molecule has 13 heteroatoms. The van der Waals surface area contributed by atoms with Crippen LogP contribution in [0.25, 0.3) is 0 Å². The highest BCUT2D eigenvalue weighted by atomic mass is 16.7. The molecule has 13 atom stereocenters. The second-order valence-electron chi connectivity index (χ2n) is 8.80. The van der Waals surface area contributed by atoms with Crippen LogP contribution >= 0.6 is 0 Å². The lowest BCUT2D eigenvalue weighted by Gasteiger charge is -2.48. The Morgan fingerprint density at radius 1 is 0.871 bits per heavy atom. The Morgan fingerprint density at radius 3 is 1.97 bits per heavy atom. The van der Waals surface area contributed by atoms with Crippen LogP contribution in [0.15, 0.2) is 0 Å². The molecule has 0 radical (unpaired) electrons. The molecule has 2 heterocycles. The van der Waals surface area contributed by atoms with Crippen molar-refractivity contribution < 1.29 is 49.6 Å². The number of nitrogens with one attached hydrogen (secondary N) is 1. The lowest BCUT2D eigenvalue weighted by molar-refractivity contribution is -0.318. The van der Waals surface area contributed by atoms with Crippen molar-refractivity contribution in [2.75, 3.05) is 20.3 Å². The van der Waals surface area contributed by atoms with Crippen LogP contribution < -0.4 is 16.8 Å². The van der Waals surface area contributed by atoms with Crippen molar-refractivity contribution in [1.29, 1.82) is 0 Å². The van der Waals surface area contributed by atoms with Gasteiger partial charge in [-0.05, 0) is 20.4 Å². The zero-order valence-electron chi connectivity index (χ0n) is 17.5. The van der Waals surface area contributed by atoms with E-state index < -0.39 is 79.0 Å². The van der Waals surface area contributed by atoms with Gasteiger partial charge in [-0.1, -0.05) is 0 Å². The fraction of sp³-hybridized carbons (Fsp3) is 1.00. The van der Waals surface area contributed by atoms with Crippen LogP contribution in [0.2, 0.25) is 0 Å². The summed E-state index contributed by atoms with van der Waals surface area (Å²) in [4.78, 5) is 0. The molecular formula is C18H35N3O10. The van der Waals surface area contributed by atoms with Gasteiger partial charge in [0.1, 0.15) is 48.3 Å².